The number of rotatable bonds is 2. The van der Waals surface area contributed by atoms with Crippen LogP contribution in [0.4, 0.5) is 0 Å². The smallest absolute Gasteiger partial charge is 0.144 e. The van der Waals surface area contributed by atoms with Gasteiger partial charge in [-0.2, -0.15) is 0 Å². The number of allylic oxidation sites excluding steroid dienone is 1. The Morgan fingerprint density at radius 2 is 2.43 bits per heavy atom. The summed E-state index contributed by atoms with van der Waals surface area (Å²) in [6.07, 6.45) is 4.93. The molecule has 1 heterocycles. The predicted octanol–water partition coefficient (Wildman–Crippen LogP) is 1.63. The normalized spacial score (nSPS) is 20.7. The van der Waals surface area contributed by atoms with Crippen molar-refractivity contribution < 1.29 is 9.84 Å². The SMILES string of the molecule is COc1cccnc1C1=CC(O)CC1. The lowest BCUT2D eigenvalue weighted by Gasteiger charge is -2.06. The molecule has 1 aliphatic rings. The number of methoxy groups -OCH3 is 1. The quantitative estimate of drug-likeness (QED) is 0.772. The van der Waals surface area contributed by atoms with Gasteiger partial charge >= 0.3 is 0 Å². The molecule has 0 radical (unpaired) electrons. The van der Waals surface area contributed by atoms with Gasteiger partial charge < -0.3 is 9.84 Å². The Balaban J connectivity index is 2.36. The highest BCUT2D eigenvalue weighted by atomic mass is 16.5. The van der Waals surface area contributed by atoms with Crippen LogP contribution in [0.3, 0.4) is 0 Å². The van der Waals surface area contributed by atoms with Crippen LogP contribution in [-0.4, -0.2) is 23.3 Å². The standard InChI is InChI=1S/C11H13NO2/c1-14-10-3-2-6-12-11(10)8-4-5-9(13)7-8/h2-3,6-7,9,13H,4-5H2,1H3. The van der Waals surface area contributed by atoms with Crippen molar-refractivity contribution in [2.45, 2.75) is 18.9 Å². The van der Waals surface area contributed by atoms with Crippen molar-refractivity contribution in [1.29, 1.82) is 0 Å². The molecule has 1 aromatic rings. The van der Waals surface area contributed by atoms with Crippen molar-refractivity contribution in [2.75, 3.05) is 7.11 Å². The molecule has 1 aromatic heterocycles. The Labute approximate surface area is 83.1 Å². The van der Waals surface area contributed by atoms with Gasteiger partial charge in [-0.05, 0) is 30.5 Å². The third-order valence-corrected chi connectivity index (χ3v) is 2.40. The lowest BCUT2D eigenvalue weighted by atomic mass is 10.1. The van der Waals surface area contributed by atoms with E-state index in [1.54, 1.807) is 13.3 Å². The fourth-order valence-corrected chi connectivity index (χ4v) is 1.70. The van der Waals surface area contributed by atoms with Gasteiger partial charge in [0.2, 0.25) is 0 Å². The number of pyridine rings is 1. The highest BCUT2D eigenvalue weighted by molar-refractivity contribution is 5.69. The summed E-state index contributed by atoms with van der Waals surface area (Å²) in [5.41, 5.74) is 1.93. The molecular weight excluding hydrogens is 178 g/mol. The molecule has 1 atom stereocenters. The zero-order valence-corrected chi connectivity index (χ0v) is 8.10. The van der Waals surface area contributed by atoms with Gasteiger partial charge in [0.15, 0.2) is 0 Å². The Bertz CT molecular complexity index is 360. The second-order valence-electron chi connectivity index (χ2n) is 3.35. The molecule has 74 valence electrons. The minimum absolute atomic E-state index is 0.322. The molecule has 3 nitrogen and oxygen atoms in total. The number of hydrogen-bond acceptors (Lipinski definition) is 3. The van der Waals surface area contributed by atoms with Crippen molar-refractivity contribution in [1.82, 2.24) is 4.98 Å². The van der Waals surface area contributed by atoms with E-state index in [2.05, 4.69) is 4.98 Å². The van der Waals surface area contributed by atoms with E-state index in [4.69, 9.17) is 4.74 Å². The predicted molar refractivity (Wildman–Crippen MR) is 54.0 cm³/mol. The fourth-order valence-electron chi connectivity index (χ4n) is 1.70. The first-order valence-corrected chi connectivity index (χ1v) is 4.69. The van der Waals surface area contributed by atoms with Gasteiger partial charge in [-0.1, -0.05) is 6.08 Å². The maximum Gasteiger partial charge on any atom is 0.144 e. The van der Waals surface area contributed by atoms with Crippen LogP contribution >= 0.6 is 0 Å². The van der Waals surface area contributed by atoms with E-state index in [1.165, 1.54) is 0 Å². The number of aromatic nitrogens is 1. The summed E-state index contributed by atoms with van der Waals surface area (Å²) in [6, 6.07) is 3.72. The van der Waals surface area contributed by atoms with Crippen molar-refractivity contribution in [2.24, 2.45) is 0 Å². The van der Waals surface area contributed by atoms with Crippen LogP contribution in [0.15, 0.2) is 24.4 Å². The summed E-state index contributed by atoms with van der Waals surface area (Å²) >= 11 is 0. The number of nitrogens with zero attached hydrogens (tertiary/aromatic N) is 1. The number of ether oxygens (including phenoxy) is 1. The third kappa shape index (κ3) is 1.63. The summed E-state index contributed by atoms with van der Waals surface area (Å²) in [5, 5.41) is 9.38. The molecule has 1 N–H and O–H groups in total. The van der Waals surface area contributed by atoms with Crippen LogP contribution in [0.1, 0.15) is 18.5 Å². The van der Waals surface area contributed by atoms with Crippen LogP contribution in [0.25, 0.3) is 5.57 Å². The number of hydrogen-bond donors (Lipinski definition) is 1. The van der Waals surface area contributed by atoms with Crippen LogP contribution in [-0.2, 0) is 0 Å². The molecule has 0 aliphatic heterocycles. The third-order valence-electron chi connectivity index (χ3n) is 2.40. The topological polar surface area (TPSA) is 42.4 Å². The summed E-state index contributed by atoms with van der Waals surface area (Å²) in [5.74, 6) is 0.771. The molecule has 14 heavy (non-hydrogen) atoms. The lowest BCUT2D eigenvalue weighted by Crippen LogP contribution is -1.93. The van der Waals surface area contributed by atoms with Gasteiger partial charge in [-0.25, -0.2) is 0 Å². The zero-order chi connectivity index (χ0) is 9.97. The second-order valence-corrected chi connectivity index (χ2v) is 3.35. The van der Waals surface area contributed by atoms with Crippen molar-refractivity contribution in [3.8, 4) is 5.75 Å². The maximum absolute atomic E-state index is 9.38. The zero-order valence-electron chi connectivity index (χ0n) is 8.10. The summed E-state index contributed by atoms with van der Waals surface area (Å²) in [7, 11) is 1.63. The monoisotopic (exact) mass is 191 g/mol. The molecule has 2 rings (SSSR count). The average molecular weight is 191 g/mol. The van der Waals surface area contributed by atoms with E-state index in [0.717, 1.165) is 29.9 Å². The van der Waals surface area contributed by atoms with Crippen LogP contribution in [0, 0.1) is 0 Å². The van der Waals surface area contributed by atoms with E-state index >= 15 is 0 Å². The van der Waals surface area contributed by atoms with E-state index < -0.39 is 0 Å². The average Bonchev–Trinajstić information content (AvgIpc) is 2.65. The highest BCUT2D eigenvalue weighted by Gasteiger charge is 2.17. The first kappa shape index (κ1) is 9.21. The van der Waals surface area contributed by atoms with Crippen molar-refractivity contribution in [3.63, 3.8) is 0 Å². The molecule has 0 saturated carbocycles. The van der Waals surface area contributed by atoms with Crippen molar-refractivity contribution in [3.05, 3.63) is 30.1 Å². The molecule has 1 aliphatic carbocycles. The van der Waals surface area contributed by atoms with Crippen LogP contribution in [0.2, 0.25) is 0 Å². The molecular formula is C11H13NO2. The summed E-state index contributed by atoms with van der Waals surface area (Å²) < 4.78 is 5.21. The molecule has 0 bridgehead atoms. The Morgan fingerprint density at radius 1 is 1.57 bits per heavy atom. The Kier molecular flexibility index (Phi) is 2.50. The van der Waals surface area contributed by atoms with Gasteiger partial charge in [-0.15, -0.1) is 0 Å². The van der Waals surface area contributed by atoms with Gasteiger partial charge in [0.05, 0.1) is 13.2 Å². The van der Waals surface area contributed by atoms with E-state index in [9.17, 15) is 5.11 Å². The minimum Gasteiger partial charge on any atom is -0.494 e. The number of aliphatic hydroxyl groups is 1. The molecule has 0 amide bonds. The van der Waals surface area contributed by atoms with E-state index in [0.29, 0.717) is 0 Å². The van der Waals surface area contributed by atoms with Crippen molar-refractivity contribution >= 4 is 5.57 Å². The molecule has 1 unspecified atom stereocenters. The van der Waals surface area contributed by atoms with Crippen LogP contribution < -0.4 is 4.74 Å². The van der Waals surface area contributed by atoms with E-state index in [-0.39, 0.29) is 6.10 Å². The highest BCUT2D eigenvalue weighted by Crippen LogP contribution is 2.31. The molecule has 0 spiro atoms. The molecule has 3 heteroatoms. The number of aliphatic hydroxyl groups excluding tert-OH is 1. The Morgan fingerprint density at radius 3 is 3.07 bits per heavy atom. The van der Waals surface area contributed by atoms with Gasteiger partial charge in [0.1, 0.15) is 11.4 Å². The first-order chi connectivity index (χ1) is 6.81. The van der Waals surface area contributed by atoms with Gasteiger partial charge in [-0.3, -0.25) is 4.98 Å². The van der Waals surface area contributed by atoms with Gasteiger partial charge in [0, 0.05) is 6.20 Å². The molecule has 0 fully saturated rings. The lowest BCUT2D eigenvalue weighted by molar-refractivity contribution is 0.223. The van der Waals surface area contributed by atoms with E-state index in [1.807, 2.05) is 18.2 Å². The summed E-state index contributed by atoms with van der Waals surface area (Å²) in [4.78, 5) is 4.26. The largest absolute Gasteiger partial charge is 0.494 e. The first-order valence-electron chi connectivity index (χ1n) is 4.69. The molecule has 0 saturated heterocycles. The summed E-state index contributed by atoms with van der Waals surface area (Å²) in [6.45, 7) is 0. The maximum atomic E-state index is 9.38. The van der Waals surface area contributed by atoms with Gasteiger partial charge in [0.25, 0.3) is 0 Å². The Hall–Kier alpha value is -1.35. The minimum atomic E-state index is -0.322. The van der Waals surface area contributed by atoms with Crippen LogP contribution in [0.5, 0.6) is 5.75 Å². The molecule has 0 aromatic carbocycles. The fraction of sp³-hybridized carbons (Fsp3) is 0.364. The second kappa shape index (κ2) is 3.80.